The molecular weight excluding hydrogens is 350 g/mol. The van der Waals surface area contributed by atoms with Crippen LogP contribution in [0.15, 0.2) is 59.4 Å². The highest BCUT2D eigenvalue weighted by atomic mass is 16.2. The van der Waals surface area contributed by atoms with Crippen molar-refractivity contribution in [2.75, 3.05) is 13.1 Å². The van der Waals surface area contributed by atoms with Crippen LogP contribution >= 0.6 is 0 Å². The molecule has 0 N–H and O–H groups in total. The van der Waals surface area contributed by atoms with Crippen LogP contribution in [0, 0.1) is 13.8 Å². The van der Waals surface area contributed by atoms with Gasteiger partial charge in [0.2, 0.25) is 0 Å². The normalized spacial score (nSPS) is 13.7. The SMILES string of the molecule is Cc1ccc(-n2nc(C)c(C(=O)N3CCCC3)c(-c3ccccc3)c2=O)cc1. The van der Waals surface area contributed by atoms with Gasteiger partial charge in [-0.2, -0.15) is 9.78 Å². The van der Waals surface area contributed by atoms with Crippen LogP contribution in [0.25, 0.3) is 16.8 Å². The minimum atomic E-state index is -0.275. The molecule has 5 nitrogen and oxygen atoms in total. The van der Waals surface area contributed by atoms with Gasteiger partial charge < -0.3 is 4.90 Å². The lowest BCUT2D eigenvalue weighted by Gasteiger charge is -2.20. The molecule has 1 aromatic heterocycles. The van der Waals surface area contributed by atoms with Gasteiger partial charge in [-0.25, -0.2) is 0 Å². The van der Waals surface area contributed by atoms with E-state index in [-0.39, 0.29) is 11.5 Å². The topological polar surface area (TPSA) is 55.2 Å². The lowest BCUT2D eigenvalue weighted by molar-refractivity contribution is 0.0792. The summed E-state index contributed by atoms with van der Waals surface area (Å²) in [5.41, 5.74) is 3.67. The smallest absolute Gasteiger partial charge is 0.280 e. The minimum absolute atomic E-state index is 0.102. The van der Waals surface area contributed by atoms with Crippen molar-refractivity contribution in [3.63, 3.8) is 0 Å². The number of likely N-dealkylation sites (tertiary alicyclic amines) is 1. The maximum Gasteiger partial charge on any atom is 0.280 e. The lowest BCUT2D eigenvalue weighted by Crippen LogP contribution is -2.33. The molecule has 1 amide bonds. The molecule has 5 heteroatoms. The zero-order valence-electron chi connectivity index (χ0n) is 16.2. The number of aromatic nitrogens is 2. The number of amides is 1. The summed E-state index contributed by atoms with van der Waals surface area (Å²) in [4.78, 5) is 28.5. The third kappa shape index (κ3) is 3.24. The molecule has 142 valence electrons. The summed E-state index contributed by atoms with van der Waals surface area (Å²) < 4.78 is 1.40. The monoisotopic (exact) mass is 373 g/mol. The molecule has 0 atom stereocenters. The van der Waals surface area contributed by atoms with Crippen LogP contribution in [-0.4, -0.2) is 33.7 Å². The molecule has 3 aromatic rings. The molecule has 0 radical (unpaired) electrons. The Morgan fingerprint density at radius 3 is 2.21 bits per heavy atom. The summed E-state index contributed by atoms with van der Waals surface area (Å²) in [5.74, 6) is -0.102. The predicted molar refractivity (Wildman–Crippen MR) is 110 cm³/mol. The molecule has 1 aliphatic heterocycles. The molecule has 1 fully saturated rings. The average molecular weight is 373 g/mol. The molecule has 0 bridgehead atoms. The fraction of sp³-hybridized carbons (Fsp3) is 0.261. The van der Waals surface area contributed by atoms with Crippen molar-refractivity contribution in [2.24, 2.45) is 0 Å². The Kier molecular flexibility index (Phi) is 4.82. The molecule has 1 saturated heterocycles. The highest BCUT2D eigenvalue weighted by molar-refractivity contribution is 6.01. The largest absolute Gasteiger partial charge is 0.339 e. The van der Waals surface area contributed by atoms with Crippen molar-refractivity contribution >= 4 is 5.91 Å². The van der Waals surface area contributed by atoms with Crippen LogP contribution in [0.3, 0.4) is 0 Å². The summed E-state index contributed by atoms with van der Waals surface area (Å²) in [6.07, 6.45) is 2.00. The molecule has 0 spiro atoms. The molecule has 0 aliphatic carbocycles. The minimum Gasteiger partial charge on any atom is -0.339 e. The standard InChI is InChI=1S/C23H23N3O2/c1-16-10-12-19(13-11-16)26-23(28)21(18-8-4-3-5-9-18)20(17(2)24-26)22(27)25-14-6-7-15-25/h3-5,8-13H,6-7,14-15H2,1-2H3. The van der Waals surface area contributed by atoms with Crippen LogP contribution in [-0.2, 0) is 0 Å². The summed E-state index contributed by atoms with van der Waals surface area (Å²) in [7, 11) is 0. The van der Waals surface area contributed by atoms with Crippen molar-refractivity contribution in [1.29, 1.82) is 0 Å². The van der Waals surface area contributed by atoms with Gasteiger partial charge in [0.05, 0.1) is 22.5 Å². The van der Waals surface area contributed by atoms with Crippen molar-refractivity contribution in [2.45, 2.75) is 26.7 Å². The van der Waals surface area contributed by atoms with E-state index in [1.807, 2.05) is 66.4 Å². The highest BCUT2D eigenvalue weighted by Gasteiger charge is 2.28. The zero-order chi connectivity index (χ0) is 19.7. The number of hydrogen-bond acceptors (Lipinski definition) is 3. The van der Waals surface area contributed by atoms with E-state index < -0.39 is 0 Å². The number of carbonyl (C=O) groups excluding carboxylic acids is 1. The quantitative estimate of drug-likeness (QED) is 0.703. The fourth-order valence-electron chi connectivity index (χ4n) is 3.71. The summed E-state index contributed by atoms with van der Waals surface area (Å²) >= 11 is 0. The fourth-order valence-corrected chi connectivity index (χ4v) is 3.71. The first-order valence-corrected chi connectivity index (χ1v) is 9.62. The molecule has 28 heavy (non-hydrogen) atoms. The third-order valence-corrected chi connectivity index (χ3v) is 5.22. The number of carbonyl (C=O) groups is 1. The van der Waals surface area contributed by atoms with Gasteiger partial charge in [0.1, 0.15) is 0 Å². The van der Waals surface area contributed by atoms with Crippen LogP contribution < -0.4 is 5.56 Å². The van der Waals surface area contributed by atoms with Crippen LogP contribution in [0.4, 0.5) is 0 Å². The zero-order valence-corrected chi connectivity index (χ0v) is 16.2. The molecule has 0 saturated carbocycles. The first-order valence-electron chi connectivity index (χ1n) is 9.62. The Morgan fingerprint density at radius 1 is 0.929 bits per heavy atom. The van der Waals surface area contributed by atoms with E-state index in [2.05, 4.69) is 5.10 Å². The number of aryl methyl sites for hydroxylation is 2. The molecule has 1 aliphatic rings. The van der Waals surface area contributed by atoms with Gasteiger partial charge in [-0.3, -0.25) is 9.59 Å². The Balaban J connectivity index is 1.96. The van der Waals surface area contributed by atoms with Crippen molar-refractivity contribution in [3.05, 3.63) is 81.8 Å². The first-order chi connectivity index (χ1) is 13.6. The summed E-state index contributed by atoms with van der Waals surface area (Å²) in [6, 6.07) is 17.1. The van der Waals surface area contributed by atoms with Gasteiger partial charge in [0.25, 0.3) is 11.5 Å². The number of benzene rings is 2. The second kappa shape index (κ2) is 7.43. The molecule has 4 rings (SSSR count). The second-order valence-corrected chi connectivity index (χ2v) is 7.25. The van der Waals surface area contributed by atoms with Gasteiger partial charge in [-0.05, 0) is 44.4 Å². The summed E-state index contributed by atoms with van der Waals surface area (Å²) in [5, 5.41) is 4.51. The van der Waals surface area contributed by atoms with Gasteiger partial charge in [0.15, 0.2) is 0 Å². The van der Waals surface area contributed by atoms with E-state index in [1.54, 1.807) is 6.92 Å². The van der Waals surface area contributed by atoms with Crippen LogP contribution in [0.2, 0.25) is 0 Å². The molecular formula is C23H23N3O2. The Labute approximate surface area is 164 Å². The summed E-state index contributed by atoms with van der Waals surface area (Å²) in [6.45, 7) is 5.26. The van der Waals surface area contributed by atoms with Crippen molar-refractivity contribution in [3.8, 4) is 16.8 Å². The van der Waals surface area contributed by atoms with Gasteiger partial charge in [-0.1, -0.05) is 48.0 Å². The van der Waals surface area contributed by atoms with E-state index >= 15 is 0 Å². The molecule has 0 unspecified atom stereocenters. The van der Waals surface area contributed by atoms with E-state index in [4.69, 9.17) is 0 Å². The van der Waals surface area contributed by atoms with Crippen molar-refractivity contribution < 1.29 is 4.79 Å². The maximum atomic E-state index is 13.5. The van der Waals surface area contributed by atoms with E-state index in [1.165, 1.54) is 4.68 Å². The van der Waals surface area contributed by atoms with E-state index in [0.29, 0.717) is 22.5 Å². The Bertz CT molecular complexity index is 1060. The highest BCUT2D eigenvalue weighted by Crippen LogP contribution is 2.25. The predicted octanol–water partition coefficient (Wildman–Crippen LogP) is 3.75. The molecule has 2 heterocycles. The molecule has 2 aromatic carbocycles. The van der Waals surface area contributed by atoms with Gasteiger partial charge in [-0.15, -0.1) is 0 Å². The third-order valence-electron chi connectivity index (χ3n) is 5.22. The van der Waals surface area contributed by atoms with Gasteiger partial charge >= 0.3 is 0 Å². The van der Waals surface area contributed by atoms with E-state index in [0.717, 1.165) is 37.1 Å². The van der Waals surface area contributed by atoms with Crippen molar-refractivity contribution in [1.82, 2.24) is 14.7 Å². The average Bonchev–Trinajstić information content (AvgIpc) is 3.25. The van der Waals surface area contributed by atoms with Crippen LogP contribution in [0.5, 0.6) is 0 Å². The van der Waals surface area contributed by atoms with E-state index in [9.17, 15) is 9.59 Å². The van der Waals surface area contributed by atoms with Crippen LogP contribution in [0.1, 0.15) is 34.5 Å². The Morgan fingerprint density at radius 2 is 1.57 bits per heavy atom. The number of hydrogen-bond donors (Lipinski definition) is 0. The number of rotatable bonds is 3. The first kappa shape index (κ1) is 18.2. The Hall–Kier alpha value is -3.21. The number of nitrogens with zero attached hydrogens (tertiary/aromatic N) is 3. The lowest BCUT2D eigenvalue weighted by atomic mass is 9.99. The van der Waals surface area contributed by atoms with Gasteiger partial charge in [0, 0.05) is 13.1 Å². The second-order valence-electron chi connectivity index (χ2n) is 7.25. The maximum absolute atomic E-state index is 13.5.